The van der Waals surface area contributed by atoms with Gasteiger partial charge < -0.3 is 15.0 Å². The number of carbonyl (C=O) groups excluding carboxylic acids is 2. The van der Waals surface area contributed by atoms with Crippen molar-refractivity contribution in [2.75, 3.05) is 20.2 Å². The molecular weight excluding hydrogens is 538 g/mol. The van der Waals surface area contributed by atoms with Gasteiger partial charge in [0.1, 0.15) is 11.8 Å². The monoisotopic (exact) mass is 579 g/mol. The number of hydrogen-bond donors (Lipinski definition) is 2. The number of ether oxygens (including phenoxy) is 1. The van der Waals surface area contributed by atoms with Crippen molar-refractivity contribution in [1.29, 1.82) is 0 Å². The van der Waals surface area contributed by atoms with E-state index >= 15 is 0 Å². The van der Waals surface area contributed by atoms with E-state index in [1.165, 1.54) is 0 Å². The van der Waals surface area contributed by atoms with Crippen LogP contribution in [-0.4, -0.2) is 51.4 Å². The molecule has 1 unspecified atom stereocenters. The molecule has 0 aliphatic heterocycles. The smallest absolute Gasteiger partial charge is 0.243 e. The number of sulfonamides is 1. The summed E-state index contributed by atoms with van der Waals surface area (Å²) < 4.78 is 32.3. The average molecular weight is 580 g/mol. The Morgan fingerprint density at radius 1 is 0.878 bits per heavy atom. The molecule has 3 aromatic carbocycles. The summed E-state index contributed by atoms with van der Waals surface area (Å²) in [5, 5.41) is 3.03. The first kappa shape index (κ1) is 31.8. The van der Waals surface area contributed by atoms with E-state index in [0.717, 1.165) is 29.5 Å². The van der Waals surface area contributed by atoms with Crippen LogP contribution < -0.4 is 14.8 Å². The lowest BCUT2D eigenvalue weighted by Gasteiger charge is -2.32. The van der Waals surface area contributed by atoms with E-state index < -0.39 is 16.1 Å². The van der Waals surface area contributed by atoms with Crippen LogP contribution in [0.4, 0.5) is 0 Å². The van der Waals surface area contributed by atoms with Crippen molar-refractivity contribution in [3.63, 3.8) is 0 Å². The summed E-state index contributed by atoms with van der Waals surface area (Å²) in [6, 6.07) is 23.0. The summed E-state index contributed by atoms with van der Waals surface area (Å²) >= 11 is 0. The number of hydrogen-bond acceptors (Lipinski definition) is 5. The summed E-state index contributed by atoms with van der Waals surface area (Å²) in [5.41, 5.74) is 2.69. The predicted octanol–water partition coefficient (Wildman–Crippen LogP) is 4.48. The van der Waals surface area contributed by atoms with Crippen LogP contribution in [0.5, 0.6) is 5.75 Å². The number of unbranched alkanes of at least 4 members (excludes halogenated alkanes) is 1. The maximum Gasteiger partial charge on any atom is 0.243 e. The second-order valence-corrected chi connectivity index (χ2v) is 11.6. The summed E-state index contributed by atoms with van der Waals surface area (Å²) in [6.45, 7) is 4.91. The molecule has 2 N–H and O–H groups in total. The van der Waals surface area contributed by atoms with Crippen LogP contribution in [0.2, 0.25) is 0 Å². The number of aryl methyl sites for hydroxylation is 1. The van der Waals surface area contributed by atoms with Gasteiger partial charge in [-0.05, 0) is 53.8 Å². The van der Waals surface area contributed by atoms with Gasteiger partial charge in [0.15, 0.2) is 0 Å². The van der Waals surface area contributed by atoms with Crippen molar-refractivity contribution in [1.82, 2.24) is 14.9 Å². The van der Waals surface area contributed by atoms with Crippen molar-refractivity contribution in [2.45, 2.75) is 63.4 Å². The number of nitrogens with one attached hydrogen (secondary N) is 2. The Bertz CT molecular complexity index is 1340. The molecule has 0 bridgehead atoms. The highest BCUT2D eigenvalue weighted by Crippen LogP contribution is 2.19. The minimum absolute atomic E-state index is 0.156. The van der Waals surface area contributed by atoms with E-state index in [4.69, 9.17) is 4.74 Å². The molecule has 3 aromatic rings. The largest absolute Gasteiger partial charge is 0.497 e. The lowest BCUT2D eigenvalue weighted by molar-refractivity contribution is -0.141. The quantitative estimate of drug-likeness (QED) is 0.244. The van der Waals surface area contributed by atoms with E-state index in [9.17, 15) is 18.0 Å². The van der Waals surface area contributed by atoms with Crippen molar-refractivity contribution < 1.29 is 22.7 Å². The molecule has 0 fully saturated rings. The number of nitrogens with zero attached hydrogens (tertiary/aromatic N) is 1. The van der Waals surface area contributed by atoms with Crippen LogP contribution in [0.25, 0.3) is 0 Å². The molecular formula is C32H41N3O5S. The Balaban J connectivity index is 1.86. The zero-order valence-corrected chi connectivity index (χ0v) is 25.0. The van der Waals surface area contributed by atoms with Crippen LogP contribution in [0.15, 0.2) is 83.8 Å². The van der Waals surface area contributed by atoms with E-state index in [2.05, 4.69) is 17.0 Å². The van der Waals surface area contributed by atoms with Crippen molar-refractivity contribution in [3.05, 3.63) is 95.6 Å². The molecule has 1 atom stereocenters. The lowest BCUT2D eigenvalue weighted by atomic mass is 10.0. The highest BCUT2D eigenvalue weighted by molar-refractivity contribution is 7.89. The molecule has 0 saturated heterocycles. The van der Waals surface area contributed by atoms with Crippen LogP contribution in [0.3, 0.4) is 0 Å². The fraction of sp³-hybridized carbons (Fsp3) is 0.375. The zero-order valence-electron chi connectivity index (χ0n) is 24.1. The van der Waals surface area contributed by atoms with E-state index in [1.807, 2.05) is 54.6 Å². The number of methoxy groups -OCH3 is 1. The van der Waals surface area contributed by atoms with Gasteiger partial charge in [0, 0.05) is 32.5 Å². The molecule has 220 valence electrons. The van der Waals surface area contributed by atoms with Crippen LogP contribution in [-0.2, 0) is 39.0 Å². The Morgan fingerprint density at radius 2 is 1.54 bits per heavy atom. The fourth-order valence-electron chi connectivity index (χ4n) is 4.49. The fourth-order valence-corrected chi connectivity index (χ4v) is 5.53. The van der Waals surface area contributed by atoms with Crippen LogP contribution >= 0.6 is 0 Å². The predicted molar refractivity (Wildman–Crippen MR) is 161 cm³/mol. The molecule has 0 aliphatic rings. The zero-order chi connectivity index (χ0) is 29.7. The van der Waals surface area contributed by atoms with Crippen molar-refractivity contribution >= 4 is 21.8 Å². The van der Waals surface area contributed by atoms with Crippen molar-refractivity contribution in [2.24, 2.45) is 0 Å². The third kappa shape index (κ3) is 9.72. The van der Waals surface area contributed by atoms with Crippen LogP contribution in [0.1, 0.15) is 49.8 Å². The van der Waals surface area contributed by atoms with Gasteiger partial charge in [0.25, 0.3) is 0 Å². The number of amides is 2. The number of rotatable bonds is 16. The highest BCUT2D eigenvalue weighted by atomic mass is 32.2. The SMILES string of the molecule is CCCCNC(=O)C(Cc1ccccc1)N(Cc1ccc(OC)cc1)C(=O)CCc1ccc(S(=O)(=O)NCC)cc1. The van der Waals surface area contributed by atoms with Crippen LogP contribution in [0, 0.1) is 0 Å². The summed E-state index contributed by atoms with van der Waals surface area (Å²) in [4.78, 5) is 29.2. The Hall–Kier alpha value is -3.69. The molecule has 0 aromatic heterocycles. The number of carbonyl (C=O) groups is 2. The summed E-state index contributed by atoms with van der Waals surface area (Å²) in [5.74, 6) is 0.378. The molecule has 0 saturated carbocycles. The standard InChI is InChI=1S/C32H41N3O5S/c1-4-6-22-33-32(37)30(23-26-10-8-7-9-11-26)35(24-27-12-17-28(40-3)18-13-27)31(36)21-16-25-14-19-29(20-15-25)41(38,39)34-5-2/h7-15,17-20,30,34H,4-6,16,21-24H2,1-3H3,(H,33,37). The molecule has 3 rings (SSSR count). The molecule has 41 heavy (non-hydrogen) atoms. The third-order valence-corrected chi connectivity index (χ3v) is 8.37. The lowest BCUT2D eigenvalue weighted by Crippen LogP contribution is -2.50. The second kappa shape index (κ2) is 15.9. The van der Waals surface area contributed by atoms with Gasteiger partial charge in [-0.15, -0.1) is 0 Å². The summed E-state index contributed by atoms with van der Waals surface area (Å²) in [6.07, 6.45) is 2.78. The third-order valence-electron chi connectivity index (χ3n) is 6.81. The van der Waals surface area contributed by atoms with E-state index in [0.29, 0.717) is 31.7 Å². The minimum atomic E-state index is -3.55. The Morgan fingerprint density at radius 3 is 2.15 bits per heavy atom. The van der Waals surface area contributed by atoms with Gasteiger partial charge in [-0.25, -0.2) is 13.1 Å². The first-order valence-corrected chi connectivity index (χ1v) is 15.6. The summed E-state index contributed by atoms with van der Waals surface area (Å²) in [7, 11) is -1.95. The molecule has 2 amide bonds. The van der Waals surface area contributed by atoms with Gasteiger partial charge in [-0.1, -0.05) is 74.9 Å². The van der Waals surface area contributed by atoms with Gasteiger partial charge in [-0.3, -0.25) is 9.59 Å². The maximum atomic E-state index is 13.8. The normalized spacial score (nSPS) is 12.0. The van der Waals surface area contributed by atoms with Gasteiger partial charge in [0.2, 0.25) is 21.8 Å². The Kier molecular flexibility index (Phi) is 12.4. The Labute approximate surface area is 244 Å². The molecule has 9 heteroatoms. The first-order valence-electron chi connectivity index (χ1n) is 14.1. The first-order chi connectivity index (χ1) is 19.8. The maximum absolute atomic E-state index is 13.8. The minimum Gasteiger partial charge on any atom is -0.497 e. The van der Waals surface area contributed by atoms with E-state index in [1.54, 1.807) is 43.2 Å². The number of benzene rings is 3. The van der Waals surface area contributed by atoms with Gasteiger partial charge in [-0.2, -0.15) is 0 Å². The second-order valence-electron chi connectivity index (χ2n) is 9.87. The topological polar surface area (TPSA) is 105 Å². The molecule has 0 spiro atoms. The van der Waals surface area contributed by atoms with Gasteiger partial charge >= 0.3 is 0 Å². The van der Waals surface area contributed by atoms with E-state index in [-0.39, 0.29) is 29.7 Å². The molecule has 0 radical (unpaired) electrons. The van der Waals surface area contributed by atoms with Gasteiger partial charge in [0.05, 0.1) is 12.0 Å². The molecule has 0 heterocycles. The molecule has 0 aliphatic carbocycles. The molecule has 8 nitrogen and oxygen atoms in total. The average Bonchev–Trinajstić information content (AvgIpc) is 2.98. The van der Waals surface area contributed by atoms with Crippen molar-refractivity contribution in [3.8, 4) is 5.75 Å². The highest BCUT2D eigenvalue weighted by Gasteiger charge is 2.30.